The summed E-state index contributed by atoms with van der Waals surface area (Å²) in [6.07, 6.45) is 0. The fraction of sp³-hybridized carbons (Fsp3) is 0. The van der Waals surface area contributed by atoms with Crippen molar-refractivity contribution in [3.05, 3.63) is 206 Å². The van der Waals surface area contributed by atoms with Crippen LogP contribution in [0.5, 0.6) is 0 Å². The Hall–Kier alpha value is -8.35. The van der Waals surface area contributed by atoms with Crippen LogP contribution in [0.2, 0.25) is 0 Å². The molecule has 6 nitrogen and oxygen atoms in total. The standard InChI is InChI=1S/C55H34N4O2/c1-4-16-35(17-5-1)53-56-54(36-18-6-2-7-19-36)58-55(57-53)45-27-15-29-48-52(45)51-44-26-11-10-24-41(44)46(34-50(51)61-48)37-20-14-23-39(32-37)59(38-21-8-3-9-22-38)40-30-31-43-42-25-12-13-28-47(42)60-49(43)33-40/h1-34H. The van der Waals surface area contributed by atoms with Gasteiger partial charge < -0.3 is 13.7 Å². The molecule has 0 bridgehead atoms. The normalized spacial score (nSPS) is 11.6. The zero-order chi connectivity index (χ0) is 40.3. The lowest BCUT2D eigenvalue weighted by atomic mass is 9.93. The summed E-state index contributed by atoms with van der Waals surface area (Å²) in [6.45, 7) is 0. The second kappa shape index (κ2) is 14.2. The van der Waals surface area contributed by atoms with Crippen LogP contribution in [-0.4, -0.2) is 15.0 Å². The van der Waals surface area contributed by atoms with Gasteiger partial charge in [-0.25, -0.2) is 15.0 Å². The van der Waals surface area contributed by atoms with Crippen molar-refractivity contribution >= 4 is 71.7 Å². The maximum absolute atomic E-state index is 6.80. The Morgan fingerprint density at radius 1 is 0.295 bits per heavy atom. The van der Waals surface area contributed by atoms with E-state index in [9.17, 15) is 0 Å². The molecular weight excluding hydrogens is 749 g/mol. The number of nitrogens with zero attached hydrogens (tertiary/aromatic N) is 4. The fourth-order valence-corrected chi connectivity index (χ4v) is 8.73. The summed E-state index contributed by atoms with van der Waals surface area (Å²) < 4.78 is 13.2. The summed E-state index contributed by atoms with van der Waals surface area (Å²) in [4.78, 5) is 17.5. The highest BCUT2D eigenvalue weighted by Crippen LogP contribution is 2.45. The molecule has 0 N–H and O–H groups in total. The molecule has 0 amide bonds. The monoisotopic (exact) mass is 782 g/mol. The molecular formula is C55H34N4O2. The second-order valence-corrected chi connectivity index (χ2v) is 15.2. The Morgan fingerprint density at radius 2 is 0.836 bits per heavy atom. The summed E-state index contributed by atoms with van der Waals surface area (Å²) in [7, 11) is 0. The first kappa shape index (κ1) is 34.7. The first-order valence-corrected chi connectivity index (χ1v) is 20.3. The Kier molecular flexibility index (Phi) is 8.06. The van der Waals surface area contributed by atoms with Crippen molar-refractivity contribution in [3.8, 4) is 45.3 Å². The van der Waals surface area contributed by atoms with Crippen molar-refractivity contribution in [2.24, 2.45) is 0 Å². The van der Waals surface area contributed by atoms with Gasteiger partial charge in [-0.2, -0.15) is 0 Å². The van der Waals surface area contributed by atoms with Crippen molar-refractivity contribution in [3.63, 3.8) is 0 Å². The predicted molar refractivity (Wildman–Crippen MR) is 248 cm³/mol. The van der Waals surface area contributed by atoms with Crippen LogP contribution < -0.4 is 4.90 Å². The van der Waals surface area contributed by atoms with E-state index < -0.39 is 0 Å². The first-order chi connectivity index (χ1) is 30.2. The van der Waals surface area contributed by atoms with E-state index in [-0.39, 0.29) is 0 Å². The Balaban J connectivity index is 1.03. The number of fused-ring (bicyclic) bond motifs is 8. The molecule has 0 aliphatic carbocycles. The van der Waals surface area contributed by atoms with E-state index >= 15 is 0 Å². The van der Waals surface area contributed by atoms with E-state index in [2.05, 4.69) is 120 Å². The number of anilines is 3. The molecule has 0 fully saturated rings. The molecule has 0 unspecified atom stereocenters. The minimum absolute atomic E-state index is 0.587. The largest absolute Gasteiger partial charge is 0.456 e. The number of hydrogen-bond donors (Lipinski definition) is 0. The second-order valence-electron chi connectivity index (χ2n) is 15.2. The van der Waals surface area contributed by atoms with Gasteiger partial charge in [-0.05, 0) is 76.5 Å². The maximum Gasteiger partial charge on any atom is 0.164 e. The van der Waals surface area contributed by atoms with Gasteiger partial charge in [0.05, 0.1) is 0 Å². The third-order valence-electron chi connectivity index (χ3n) is 11.5. The Bertz CT molecular complexity index is 3540. The molecule has 9 aromatic carbocycles. The Labute approximate surface area is 350 Å². The van der Waals surface area contributed by atoms with E-state index in [0.29, 0.717) is 17.5 Å². The van der Waals surface area contributed by atoms with Gasteiger partial charge in [0, 0.05) is 61.4 Å². The molecule has 0 spiro atoms. The van der Waals surface area contributed by atoms with E-state index in [1.54, 1.807) is 0 Å². The lowest BCUT2D eigenvalue weighted by molar-refractivity contribution is 0.668. The van der Waals surface area contributed by atoms with E-state index in [0.717, 1.165) is 99.5 Å². The molecule has 3 heterocycles. The maximum atomic E-state index is 6.80. The van der Waals surface area contributed by atoms with Gasteiger partial charge in [-0.3, -0.25) is 0 Å². The highest BCUT2D eigenvalue weighted by molar-refractivity contribution is 6.25. The van der Waals surface area contributed by atoms with Crippen molar-refractivity contribution in [2.45, 2.75) is 0 Å². The molecule has 286 valence electrons. The van der Waals surface area contributed by atoms with Gasteiger partial charge in [-0.1, -0.05) is 146 Å². The average Bonchev–Trinajstić information content (AvgIpc) is 3.91. The summed E-state index contributed by atoms with van der Waals surface area (Å²) >= 11 is 0. The molecule has 12 aromatic rings. The van der Waals surface area contributed by atoms with Crippen LogP contribution in [0.25, 0.3) is 99.9 Å². The van der Waals surface area contributed by atoms with Crippen molar-refractivity contribution < 1.29 is 8.83 Å². The molecule has 0 atom stereocenters. The first-order valence-electron chi connectivity index (χ1n) is 20.3. The van der Waals surface area contributed by atoms with Crippen LogP contribution in [0, 0.1) is 0 Å². The molecule has 12 rings (SSSR count). The molecule has 0 aliphatic rings. The predicted octanol–water partition coefficient (Wildman–Crippen LogP) is 15.0. The highest BCUT2D eigenvalue weighted by Gasteiger charge is 2.22. The molecule has 0 saturated heterocycles. The minimum Gasteiger partial charge on any atom is -0.456 e. The highest BCUT2D eigenvalue weighted by atomic mass is 16.3. The summed E-state index contributed by atoms with van der Waals surface area (Å²) in [6, 6.07) is 70.9. The molecule has 6 heteroatoms. The smallest absolute Gasteiger partial charge is 0.164 e. The van der Waals surface area contributed by atoms with Gasteiger partial charge in [0.2, 0.25) is 0 Å². The van der Waals surface area contributed by atoms with Crippen molar-refractivity contribution in [1.82, 2.24) is 15.0 Å². The SMILES string of the molecule is c1ccc(-c2nc(-c3ccccc3)nc(-c3cccc4oc5cc(-c6cccc(N(c7ccccc7)c7ccc8c(c7)oc7ccccc78)c6)c6ccccc6c5c34)n2)cc1. The van der Waals surface area contributed by atoms with Crippen LogP contribution in [0.1, 0.15) is 0 Å². The number of benzene rings is 9. The lowest BCUT2D eigenvalue weighted by Gasteiger charge is -2.26. The molecule has 61 heavy (non-hydrogen) atoms. The van der Waals surface area contributed by atoms with Gasteiger partial charge in [0.1, 0.15) is 22.3 Å². The van der Waals surface area contributed by atoms with Crippen molar-refractivity contribution in [1.29, 1.82) is 0 Å². The average molecular weight is 783 g/mol. The van der Waals surface area contributed by atoms with Crippen molar-refractivity contribution in [2.75, 3.05) is 4.90 Å². The van der Waals surface area contributed by atoms with Gasteiger partial charge in [-0.15, -0.1) is 0 Å². The summed E-state index contributed by atoms with van der Waals surface area (Å²) in [5, 5.41) is 6.40. The third-order valence-corrected chi connectivity index (χ3v) is 11.5. The van der Waals surface area contributed by atoms with Crippen LogP contribution in [-0.2, 0) is 0 Å². The minimum atomic E-state index is 0.587. The zero-order valence-corrected chi connectivity index (χ0v) is 32.7. The number of para-hydroxylation sites is 2. The van der Waals surface area contributed by atoms with E-state index in [1.807, 2.05) is 91.0 Å². The number of hydrogen-bond acceptors (Lipinski definition) is 6. The van der Waals surface area contributed by atoms with Gasteiger partial charge in [0.25, 0.3) is 0 Å². The summed E-state index contributed by atoms with van der Waals surface area (Å²) in [5.74, 6) is 1.82. The number of rotatable bonds is 7. The molecule has 0 saturated carbocycles. The van der Waals surface area contributed by atoms with Gasteiger partial charge in [0.15, 0.2) is 17.5 Å². The van der Waals surface area contributed by atoms with E-state index in [1.165, 1.54) is 0 Å². The fourth-order valence-electron chi connectivity index (χ4n) is 8.73. The molecule has 3 aromatic heterocycles. The lowest BCUT2D eigenvalue weighted by Crippen LogP contribution is -2.09. The topological polar surface area (TPSA) is 68.2 Å². The van der Waals surface area contributed by atoms with Crippen LogP contribution in [0.3, 0.4) is 0 Å². The quantitative estimate of drug-likeness (QED) is 0.160. The zero-order valence-electron chi connectivity index (χ0n) is 32.7. The number of furan rings is 2. The molecule has 0 radical (unpaired) electrons. The number of aromatic nitrogens is 3. The van der Waals surface area contributed by atoms with Crippen LogP contribution >= 0.6 is 0 Å². The Morgan fingerprint density at radius 3 is 1.59 bits per heavy atom. The molecule has 0 aliphatic heterocycles. The third kappa shape index (κ3) is 5.92. The van der Waals surface area contributed by atoms with Crippen LogP contribution in [0.15, 0.2) is 215 Å². The van der Waals surface area contributed by atoms with E-state index in [4.69, 9.17) is 23.8 Å². The van der Waals surface area contributed by atoms with Crippen LogP contribution in [0.4, 0.5) is 17.1 Å². The van der Waals surface area contributed by atoms with Gasteiger partial charge >= 0.3 is 0 Å². The summed E-state index contributed by atoms with van der Waals surface area (Å²) in [5.41, 5.74) is 11.2.